The van der Waals surface area contributed by atoms with Gasteiger partial charge in [-0.3, -0.25) is 0 Å². The highest BCUT2D eigenvalue weighted by Gasteiger charge is 2.34. The second-order valence-electron chi connectivity index (χ2n) is 4.45. The highest BCUT2D eigenvalue weighted by molar-refractivity contribution is 5.85. The molecule has 110 valence electrons. The summed E-state index contributed by atoms with van der Waals surface area (Å²) in [4.78, 5) is 22.3. The molecule has 0 aromatic heterocycles. The van der Waals surface area contributed by atoms with Crippen LogP contribution in [0.3, 0.4) is 0 Å². The number of esters is 2. The van der Waals surface area contributed by atoms with Gasteiger partial charge in [0, 0.05) is 6.92 Å². The van der Waals surface area contributed by atoms with Crippen LogP contribution in [0, 0.1) is 0 Å². The molecule has 0 aliphatic carbocycles. The summed E-state index contributed by atoms with van der Waals surface area (Å²) in [6, 6.07) is 12.4. The first kappa shape index (κ1) is 14.9. The summed E-state index contributed by atoms with van der Waals surface area (Å²) >= 11 is 0. The molecule has 0 bridgehead atoms. The molecule has 0 spiro atoms. The topological polar surface area (TPSA) is 52.6 Å². The predicted octanol–water partition coefficient (Wildman–Crippen LogP) is 2.94. The molecule has 0 N–H and O–H groups in total. The first-order chi connectivity index (χ1) is 9.86. The molecule has 0 atom stereocenters. The van der Waals surface area contributed by atoms with Gasteiger partial charge in [0.2, 0.25) is 0 Å². The van der Waals surface area contributed by atoms with Gasteiger partial charge in [0.1, 0.15) is 5.75 Å². The van der Waals surface area contributed by atoms with Gasteiger partial charge in [-0.25, -0.2) is 9.59 Å². The Morgan fingerprint density at radius 3 is 2.43 bits per heavy atom. The Bertz CT molecular complexity index is 677. The number of carbonyl (C=O) groups is 2. The van der Waals surface area contributed by atoms with Gasteiger partial charge in [-0.1, -0.05) is 30.3 Å². The summed E-state index contributed by atoms with van der Waals surface area (Å²) in [7, 11) is 0. The zero-order chi connectivity index (χ0) is 15.5. The minimum atomic E-state index is -3.64. The van der Waals surface area contributed by atoms with Crippen LogP contribution in [-0.2, 0) is 14.3 Å². The number of hydrogen-bond acceptors (Lipinski definition) is 4. The van der Waals surface area contributed by atoms with E-state index in [-0.39, 0.29) is 5.75 Å². The molecule has 0 saturated carbocycles. The van der Waals surface area contributed by atoms with Crippen molar-refractivity contribution in [3.05, 3.63) is 42.5 Å². The van der Waals surface area contributed by atoms with E-state index in [1.54, 1.807) is 18.2 Å². The van der Waals surface area contributed by atoms with Crippen LogP contribution in [0.1, 0.15) is 6.92 Å². The van der Waals surface area contributed by atoms with Gasteiger partial charge in [-0.15, -0.1) is 0 Å². The summed E-state index contributed by atoms with van der Waals surface area (Å²) in [6.07, 6.45) is 0. The second-order valence-corrected chi connectivity index (χ2v) is 4.45. The van der Waals surface area contributed by atoms with Gasteiger partial charge in [0.15, 0.2) is 6.61 Å². The van der Waals surface area contributed by atoms with E-state index in [2.05, 4.69) is 4.74 Å². The first-order valence-electron chi connectivity index (χ1n) is 6.11. The van der Waals surface area contributed by atoms with Crippen molar-refractivity contribution in [1.29, 1.82) is 0 Å². The van der Waals surface area contributed by atoms with Crippen molar-refractivity contribution < 1.29 is 27.8 Å². The van der Waals surface area contributed by atoms with Crippen molar-refractivity contribution in [3.8, 4) is 5.75 Å². The number of rotatable bonds is 4. The van der Waals surface area contributed by atoms with Crippen LogP contribution in [0.4, 0.5) is 8.78 Å². The van der Waals surface area contributed by atoms with Gasteiger partial charge in [-0.05, 0) is 22.9 Å². The molecule has 0 aliphatic rings. The quantitative estimate of drug-likeness (QED) is 0.642. The van der Waals surface area contributed by atoms with Crippen molar-refractivity contribution in [1.82, 2.24) is 0 Å². The smallest absolute Gasteiger partial charge is 0.377 e. The molecule has 2 rings (SSSR count). The van der Waals surface area contributed by atoms with Crippen molar-refractivity contribution in [2.24, 2.45) is 0 Å². The van der Waals surface area contributed by atoms with Gasteiger partial charge >= 0.3 is 17.9 Å². The lowest BCUT2D eigenvalue weighted by Gasteiger charge is -2.10. The van der Waals surface area contributed by atoms with Crippen LogP contribution in [0.2, 0.25) is 0 Å². The summed E-state index contributed by atoms with van der Waals surface area (Å²) in [5.41, 5.74) is 0. The molecule has 4 nitrogen and oxygen atoms in total. The maximum Gasteiger partial charge on any atom is 0.377 e. The molecular formula is C15H12F2O4. The fraction of sp³-hybridized carbons (Fsp3) is 0.200. The van der Waals surface area contributed by atoms with E-state index in [1.807, 2.05) is 24.3 Å². The van der Waals surface area contributed by atoms with Gasteiger partial charge in [0.25, 0.3) is 0 Å². The van der Waals surface area contributed by atoms with E-state index in [1.165, 1.54) is 0 Å². The van der Waals surface area contributed by atoms with Gasteiger partial charge < -0.3 is 9.47 Å². The largest absolute Gasteiger partial charge is 0.449 e. The van der Waals surface area contributed by atoms with Crippen molar-refractivity contribution >= 4 is 22.7 Å². The summed E-state index contributed by atoms with van der Waals surface area (Å²) in [6.45, 7) is -0.473. The third-order valence-corrected chi connectivity index (χ3v) is 2.63. The lowest BCUT2D eigenvalue weighted by Crippen LogP contribution is -2.30. The molecule has 0 amide bonds. The molecule has 0 saturated heterocycles. The summed E-state index contributed by atoms with van der Waals surface area (Å²) in [5.74, 6) is -6.08. The van der Waals surface area contributed by atoms with Crippen LogP contribution in [0.25, 0.3) is 10.8 Å². The van der Waals surface area contributed by atoms with E-state index in [0.29, 0.717) is 6.92 Å². The molecule has 6 heteroatoms. The molecule has 0 aliphatic heterocycles. The normalized spacial score (nSPS) is 11.2. The SMILES string of the molecule is CC(F)(F)C(=O)OCC(=O)Oc1ccc2ccccc2c1. The molecular weight excluding hydrogens is 282 g/mol. The molecule has 2 aromatic carbocycles. The van der Waals surface area contributed by atoms with E-state index in [0.717, 1.165) is 10.8 Å². The number of halogens is 2. The maximum atomic E-state index is 12.5. The number of ether oxygens (including phenoxy) is 2. The molecule has 21 heavy (non-hydrogen) atoms. The standard InChI is InChI=1S/C15H12F2O4/c1-15(16,17)14(19)20-9-13(18)21-12-7-6-10-4-2-3-5-11(10)8-12/h2-8H,9H2,1H3. The van der Waals surface area contributed by atoms with E-state index >= 15 is 0 Å². The molecule has 0 unspecified atom stereocenters. The van der Waals surface area contributed by atoms with Crippen molar-refractivity contribution in [2.75, 3.05) is 6.61 Å². The van der Waals surface area contributed by atoms with Crippen LogP contribution >= 0.6 is 0 Å². The van der Waals surface area contributed by atoms with E-state index in [9.17, 15) is 18.4 Å². The number of fused-ring (bicyclic) bond motifs is 1. The Hall–Kier alpha value is -2.50. The fourth-order valence-corrected chi connectivity index (χ4v) is 1.64. The molecule has 0 fully saturated rings. The highest BCUT2D eigenvalue weighted by Crippen LogP contribution is 2.20. The average molecular weight is 294 g/mol. The molecule has 0 heterocycles. The Morgan fingerprint density at radius 1 is 1.10 bits per heavy atom. The van der Waals surface area contributed by atoms with Crippen LogP contribution in [0.15, 0.2) is 42.5 Å². The van der Waals surface area contributed by atoms with Gasteiger partial charge in [-0.2, -0.15) is 8.78 Å². The van der Waals surface area contributed by atoms with Crippen LogP contribution < -0.4 is 4.74 Å². The Kier molecular flexibility index (Phi) is 4.16. The molecule has 0 radical (unpaired) electrons. The number of alkyl halides is 2. The summed E-state index contributed by atoms with van der Waals surface area (Å²) < 4.78 is 34.2. The number of benzene rings is 2. The van der Waals surface area contributed by atoms with Crippen LogP contribution in [0.5, 0.6) is 5.75 Å². The Balaban J connectivity index is 1.97. The van der Waals surface area contributed by atoms with E-state index < -0.39 is 24.5 Å². The van der Waals surface area contributed by atoms with Crippen molar-refractivity contribution in [2.45, 2.75) is 12.8 Å². The summed E-state index contributed by atoms with van der Waals surface area (Å²) in [5, 5.41) is 1.83. The zero-order valence-corrected chi connectivity index (χ0v) is 11.1. The molecule has 2 aromatic rings. The van der Waals surface area contributed by atoms with Crippen molar-refractivity contribution in [3.63, 3.8) is 0 Å². The zero-order valence-electron chi connectivity index (χ0n) is 11.1. The predicted molar refractivity (Wildman–Crippen MR) is 71.2 cm³/mol. The minimum Gasteiger partial charge on any atom is -0.449 e. The fourth-order valence-electron chi connectivity index (χ4n) is 1.64. The third kappa shape index (κ3) is 3.98. The Morgan fingerprint density at radius 2 is 1.76 bits per heavy atom. The highest BCUT2D eigenvalue weighted by atomic mass is 19.3. The second kappa shape index (κ2) is 5.87. The number of carbonyl (C=O) groups excluding carboxylic acids is 2. The third-order valence-electron chi connectivity index (χ3n) is 2.63. The van der Waals surface area contributed by atoms with Crippen LogP contribution in [-0.4, -0.2) is 24.5 Å². The average Bonchev–Trinajstić information content (AvgIpc) is 2.43. The number of hydrogen-bond donors (Lipinski definition) is 0. The first-order valence-corrected chi connectivity index (χ1v) is 6.11. The van der Waals surface area contributed by atoms with Gasteiger partial charge in [0.05, 0.1) is 0 Å². The minimum absolute atomic E-state index is 0.248. The monoisotopic (exact) mass is 294 g/mol. The van der Waals surface area contributed by atoms with E-state index in [4.69, 9.17) is 4.74 Å². The Labute approximate surface area is 119 Å². The lowest BCUT2D eigenvalue weighted by atomic mass is 10.1. The lowest BCUT2D eigenvalue weighted by molar-refractivity contribution is -0.173. The maximum absolute atomic E-state index is 12.5.